The number of aromatic nitrogens is 2. The zero-order valence-electron chi connectivity index (χ0n) is 6.72. The van der Waals surface area contributed by atoms with Crippen LogP contribution in [0, 0.1) is 0 Å². The molecule has 1 atom stereocenters. The van der Waals surface area contributed by atoms with E-state index in [0.717, 1.165) is 0 Å². The molecule has 0 saturated carbocycles. The molecule has 0 radical (unpaired) electrons. The molecule has 0 bridgehead atoms. The van der Waals surface area contributed by atoms with Crippen LogP contribution in [-0.4, -0.2) is 31.7 Å². The van der Waals surface area contributed by atoms with Crippen LogP contribution in [0.25, 0.3) is 0 Å². The third-order valence-electron chi connectivity index (χ3n) is 1.56. The Morgan fingerprint density at radius 2 is 2.69 bits per heavy atom. The third kappa shape index (κ3) is 1.49. The summed E-state index contributed by atoms with van der Waals surface area (Å²) < 4.78 is 1.88. The Balaban J connectivity index is 2.23. The maximum Gasteiger partial charge on any atom is 0.356 e. The monoisotopic (exact) mass is 217 g/mol. The molecule has 1 aliphatic rings. The summed E-state index contributed by atoms with van der Waals surface area (Å²) in [7, 11) is 0. The molecule has 2 rings (SSSR count). The van der Waals surface area contributed by atoms with Gasteiger partial charge < -0.3 is 10.5 Å². The van der Waals surface area contributed by atoms with Crippen molar-refractivity contribution < 1.29 is 9.90 Å². The number of hydrogen-bond acceptors (Lipinski definition) is 5. The van der Waals surface area contributed by atoms with Crippen LogP contribution in [0.3, 0.4) is 0 Å². The molecule has 2 heterocycles. The second-order valence-corrected chi connectivity index (χ2v) is 4.71. The zero-order valence-corrected chi connectivity index (χ0v) is 8.35. The molecule has 0 fully saturated rings. The molecule has 13 heavy (non-hydrogen) atoms. The highest BCUT2D eigenvalue weighted by atomic mass is 32.2. The Labute approximate surface area is 82.9 Å². The molecule has 1 aromatic heterocycles. The number of fused-ring (bicyclic) bond motifs is 1. The molecule has 0 saturated heterocycles. The molecule has 2 N–H and O–H groups in total. The zero-order chi connectivity index (χ0) is 9.42. The van der Waals surface area contributed by atoms with Crippen molar-refractivity contribution in [3.05, 3.63) is 11.9 Å². The summed E-state index contributed by atoms with van der Waals surface area (Å²) in [5.41, 5.74) is 3.15. The van der Waals surface area contributed by atoms with E-state index in [9.17, 15) is 4.79 Å². The van der Waals surface area contributed by atoms with Crippen molar-refractivity contribution in [3.63, 3.8) is 0 Å². The van der Waals surface area contributed by atoms with Gasteiger partial charge in [-0.15, -0.1) is 11.8 Å². The van der Waals surface area contributed by atoms with Crippen molar-refractivity contribution in [3.8, 4) is 0 Å². The van der Waals surface area contributed by atoms with Gasteiger partial charge in [-0.3, -0.25) is 0 Å². The van der Waals surface area contributed by atoms with Gasteiger partial charge in [-0.05, 0) is 18.0 Å². The van der Waals surface area contributed by atoms with Gasteiger partial charge in [-0.1, -0.05) is 0 Å². The van der Waals surface area contributed by atoms with Crippen molar-refractivity contribution >= 4 is 29.5 Å². The molecule has 0 aromatic carbocycles. The van der Waals surface area contributed by atoms with Crippen molar-refractivity contribution in [2.45, 2.75) is 9.86 Å². The van der Waals surface area contributed by atoms with E-state index in [1.807, 2.05) is 6.26 Å². The van der Waals surface area contributed by atoms with E-state index in [0.29, 0.717) is 5.16 Å². The molecule has 0 aliphatic carbocycles. The lowest BCUT2D eigenvalue weighted by Gasteiger charge is -2.04. The van der Waals surface area contributed by atoms with E-state index >= 15 is 0 Å². The number of imidazole rings is 1. The minimum absolute atomic E-state index is 0.0783. The first kappa shape index (κ1) is 8.76. The van der Waals surface area contributed by atoms with Gasteiger partial charge in [0.15, 0.2) is 10.9 Å². The quantitative estimate of drug-likeness (QED) is 0.766. The lowest BCUT2D eigenvalue weighted by molar-refractivity contribution is 0.0690. The largest absolute Gasteiger partial charge is 0.476 e. The lowest BCUT2D eigenvalue weighted by Crippen LogP contribution is -2.14. The maximum absolute atomic E-state index is 10.5. The van der Waals surface area contributed by atoms with Gasteiger partial charge in [0.2, 0.25) is 0 Å². The second kappa shape index (κ2) is 3.15. The highest BCUT2D eigenvalue weighted by Gasteiger charge is 2.24. The van der Waals surface area contributed by atoms with Crippen molar-refractivity contribution in [1.29, 1.82) is 0 Å². The summed E-state index contributed by atoms with van der Waals surface area (Å²) in [5.74, 6) is -0.995. The number of carboxylic acid groups (broad SMARTS) is 1. The number of carbonyl (C=O) groups is 1. The van der Waals surface area contributed by atoms with Gasteiger partial charge in [0.1, 0.15) is 4.71 Å². The number of carboxylic acids is 1. The van der Waals surface area contributed by atoms with E-state index in [2.05, 4.69) is 10.4 Å². The molecular weight excluding hydrogens is 210 g/mol. The van der Waals surface area contributed by atoms with Gasteiger partial charge in [-0.25, -0.2) is 14.5 Å². The first-order chi connectivity index (χ1) is 6.20. The van der Waals surface area contributed by atoms with Gasteiger partial charge in [0.25, 0.3) is 0 Å². The molecule has 7 heteroatoms. The Bertz CT molecular complexity index is 328. The second-order valence-electron chi connectivity index (χ2n) is 2.40. The number of nitrogens with one attached hydrogen (secondary N) is 1. The number of aromatic carboxylic acids is 1. The lowest BCUT2D eigenvalue weighted by atomic mass is 10.5. The molecule has 5 nitrogen and oxygen atoms in total. The average molecular weight is 217 g/mol. The van der Waals surface area contributed by atoms with Crippen LogP contribution in [0.4, 0.5) is 0 Å². The van der Waals surface area contributed by atoms with Gasteiger partial charge in [0.05, 0.1) is 6.20 Å². The first-order valence-corrected chi connectivity index (χ1v) is 5.66. The Morgan fingerprint density at radius 3 is 3.23 bits per heavy atom. The Hall–Kier alpha value is -0.820. The van der Waals surface area contributed by atoms with Crippen molar-refractivity contribution in [2.24, 2.45) is 0 Å². The molecule has 1 aliphatic heterocycles. The van der Waals surface area contributed by atoms with Crippen LogP contribution < -0.4 is 5.43 Å². The number of nitrogens with zero attached hydrogens (tertiary/aromatic N) is 2. The topological polar surface area (TPSA) is 67.2 Å². The predicted molar refractivity (Wildman–Crippen MR) is 51.7 cm³/mol. The number of hydrogen-bond donors (Lipinski definition) is 2. The Morgan fingerprint density at radius 1 is 1.92 bits per heavy atom. The molecular formula is C6H7N3O2S2. The predicted octanol–water partition coefficient (Wildman–Crippen LogP) is 0.877. The van der Waals surface area contributed by atoms with Crippen LogP contribution in [0.2, 0.25) is 0 Å². The smallest absolute Gasteiger partial charge is 0.356 e. The maximum atomic E-state index is 10.5. The summed E-state index contributed by atoms with van der Waals surface area (Å²) in [5, 5.41) is 9.35. The molecule has 1 aromatic rings. The van der Waals surface area contributed by atoms with E-state index in [1.54, 1.807) is 16.4 Å². The Kier molecular flexibility index (Phi) is 2.12. The minimum Gasteiger partial charge on any atom is -0.476 e. The number of thioether (sulfide) groups is 2. The molecule has 70 valence electrons. The van der Waals surface area contributed by atoms with Gasteiger partial charge >= 0.3 is 5.97 Å². The summed E-state index contributed by atoms with van der Waals surface area (Å²) in [6.45, 7) is 0. The first-order valence-electron chi connectivity index (χ1n) is 3.49. The molecule has 0 spiro atoms. The summed E-state index contributed by atoms with van der Waals surface area (Å²) in [6.07, 6.45) is 3.47. The minimum atomic E-state index is -0.995. The van der Waals surface area contributed by atoms with Crippen molar-refractivity contribution in [1.82, 2.24) is 9.66 Å². The van der Waals surface area contributed by atoms with Gasteiger partial charge in [-0.2, -0.15) is 0 Å². The van der Waals surface area contributed by atoms with E-state index in [1.165, 1.54) is 18.0 Å². The van der Waals surface area contributed by atoms with Crippen LogP contribution in [-0.2, 0) is 0 Å². The fourth-order valence-corrected chi connectivity index (χ4v) is 2.57. The van der Waals surface area contributed by atoms with Gasteiger partial charge in [0, 0.05) is 0 Å². The van der Waals surface area contributed by atoms with Crippen LogP contribution in [0.1, 0.15) is 10.5 Å². The van der Waals surface area contributed by atoms with Crippen molar-refractivity contribution in [2.75, 3.05) is 11.7 Å². The van der Waals surface area contributed by atoms with E-state index in [4.69, 9.17) is 5.11 Å². The van der Waals surface area contributed by atoms with E-state index < -0.39 is 5.97 Å². The average Bonchev–Trinajstić information content (AvgIpc) is 2.58. The normalized spacial score (nSPS) is 19.6. The molecule has 0 amide bonds. The fraction of sp³-hybridized carbons (Fsp3) is 0.333. The highest BCUT2D eigenvalue weighted by Crippen LogP contribution is 2.32. The molecule has 1 unspecified atom stereocenters. The van der Waals surface area contributed by atoms with E-state index in [-0.39, 0.29) is 10.4 Å². The number of rotatable bonds is 2. The standard InChI is InChI=1S/C6H7N3O2S2/c1-12-6-8-9-2-3(4(10)11)7-5(9)13-6/h2,6,8H,1H3,(H,10,11). The van der Waals surface area contributed by atoms with Crippen LogP contribution >= 0.6 is 23.5 Å². The SMILES string of the molecule is CSC1Nn2cc(C(=O)O)nc2S1. The summed E-state index contributed by atoms with van der Waals surface area (Å²) in [4.78, 5) is 14.5. The highest BCUT2D eigenvalue weighted by molar-refractivity contribution is 8.16. The third-order valence-corrected chi connectivity index (χ3v) is 3.78. The van der Waals surface area contributed by atoms with Crippen LogP contribution in [0.15, 0.2) is 11.4 Å². The van der Waals surface area contributed by atoms with Crippen LogP contribution in [0.5, 0.6) is 0 Å². The summed E-state index contributed by atoms with van der Waals surface area (Å²) in [6, 6.07) is 0. The summed E-state index contributed by atoms with van der Waals surface area (Å²) >= 11 is 3.17. The fourth-order valence-electron chi connectivity index (χ4n) is 0.978.